The van der Waals surface area contributed by atoms with Crippen molar-refractivity contribution in [3.8, 4) is 0 Å². The first-order chi connectivity index (χ1) is 8.15. The van der Waals surface area contributed by atoms with Gasteiger partial charge in [0.15, 0.2) is 5.13 Å². The Bertz CT molecular complexity index is 368. The summed E-state index contributed by atoms with van der Waals surface area (Å²) in [6, 6.07) is 0. The third kappa shape index (κ3) is 4.68. The molecule has 1 rings (SSSR count). The molecule has 1 aromatic heterocycles. The molecule has 6 nitrogen and oxygen atoms in total. The number of rotatable bonds is 7. The number of ether oxygens (including phenoxy) is 2. The first kappa shape index (κ1) is 13.9. The highest BCUT2D eigenvalue weighted by atomic mass is 32.1. The average molecular weight is 259 g/mol. The van der Waals surface area contributed by atoms with Crippen LogP contribution < -0.4 is 11.1 Å². The molecule has 1 aromatic rings. The van der Waals surface area contributed by atoms with E-state index in [0.717, 1.165) is 0 Å². The molecule has 0 aliphatic heterocycles. The Morgan fingerprint density at radius 2 is 2.24 bits per heavy atom. The maximum Gasteiger partial charge on any atom is 0.263 e. The summed E-state index contributed by atoms with van der Waals surface area (Å²) in [6.45, 7) is 3.76. The second-order valence-electron chi connectivity index (χ2n) is 3.33. The molecule has 0 fully saturated rings. The number of nitrogen functional groups attached to an aromatic ring is 1. The zero-order valence-electron chi connectivity index (χ0n) is 9.99. The van der Waals surface area contributed by atoms with Gasteiger partial charge in [-0.05, 0) is 6.92 Å². The van der Waals surface area contributed by atoms with Gasteiger partial charge in [0.25, 0.3) is 5.91 Å². The highest BCUT2D eigenvalue weighted by Crippen LogP contribution is 2.18. The van der Waals surface area contributed by atoms with Gasteiger partial charge in [0.2, 0.25) is 0 Å². The van der Waals surface area contributed by atoms with Crippen LogP contribution in [0.1, 0.15) is 15.4 Å². The number of carbonyl (C=O) groups excluding carboxylic acids is 1. The van der Waals surface area contributed by atoms with E-state index in [4.69, 9.17) is 15.2 Å². The predicted octanol–water partition coefficient (Wildman–Crippen LogP) is 0.427. The Morgan fingerprint density at radius 1 is 1.47 bits per heavy atom. The summed E-state index contributed by atoms with van der Waals surface area (Å²) >= 11 is 1.19. The van der Waals surface area contributed by atoms with Crippen LogP contribution in [0.5, 0.6) is 0 Å². The highest BCUT2D eigenvalue weighted by molar-refractivity contribution is 7.17. The molecule has 96 valence electrons. The van der Waals surface area contributed by atoms with Crippen LogP contribution in [0.15, 0.2) is 0 Å². The number of hydrogen-bond donors (Lipinski definition) is 2. The monoisotopic (exact) mass is 259 g/mol. The van der Waals surface area contributed by atoms with E-state index < -0.39 is 0 Å². The molecule has 0 aliphatic carbocycles. The van der Waals surface area contributed by atoms with Crippen LogP contribution in [0.4, 0.5) is 5.13 Å². The fraction of sp³-hybridized carbons (Fsp3) is 0.600. The van der Waals surface area contributed by atoms with Crippen molar-refractivity contribution in [2.75, 3.05) is 39.2 Å². The first-order valence-corrected chi connectivity index (χ1v) is 6.04. The zero-order chi connectivity index (χ0) is 12.7. The van der Waals surface area contributed by atoms with Gasteiger partial charge in [0.1, 0.15) is 4.88 Å². The molecule has 0 unspecified atom stereocenters. The van der Waals surface area contributed by atoms with Gasteiger partial charge in [-0.15, -0.1) is 0 Å². The largest absolute Gasteiger partial charge is 0.382 e. The van der Waals surface area contributed by atoms with Crippen LogP contribution in [0.25, 0.3) is 0 Å². The lowest BCUT2D eigenvalue weighted by atomic mass is 10.4. The van der Waals surface area contributed by atoms with Gasteiger partial charge >= 0.3 is 0 Å². The molecule has 1 amide bonds. The standard InChI is InChI=1S/C10H17N3O3S/c1-7-8(17-10(11)13-7)9(14)12-3-4-16-6-5-15-2/h3-6H2,1-2H3,(H2,11,13)(H,12,14). The molecule has 0 spiro atoms. The van der Waals surface area contributed by atoms with Crippen molar-refractivity contribution in [2.24, 2.45) is 0 Å². The SMILES string of the molecule is COCCOCCNC(=O)c1sc(N)nc1C. The van der Waals surface area contributed by atoms with Crippen molar-refractivity contribution in [1.29, 1.82) is 0 Å². The average Bonchev–Trinajstić information content (AvgIpc) is 2.62. The van der Waals surface area contributed by atoms with E-state index in [-0.39, 0.29) is 5.91 Å². The van der Waals surface area contributed by atoms with Gasteiger partial charge < -0.3 is 20.5 Å². The lowest BCUT2D eigenvalue weighted by Gasteiger charge is -2.05. The Hall–Kier alpha value is -1.18. The molecule has 0 saturated carbocycles. The number of nitrogens with one attached hydrogen (secondary N) is 1. The number of methoxy groups -OCH3 is 1. The molecular weight excluding hydrogens is 242 g/mol. The molecule has 3 N–H and O–H groups in total. The van der Waals surface area contributed by atoms with Crippen LogP contribution in [-0.2, 0) is 9.47 Å². The van der Waals surface area contributed by atoms with Gasteiger partial charge in [0.05, 0.1) is 25.5 Å². The third-order valence-corrected chi connectivity index (χ3v) is 2.97. The second-order valence-corrected chi connectivity index (χ2v) is 4.36. The van der Waals surface area contributed by atoms with Crippen molar-refractivity contribution in [2.45, 2.75) is 6.92 Å². The minimum atomic E-state index is -0.160. The number of anilines is 1. The van der Waals surface area contributed by atoms with Gasteiger partial charge in [0, 0.05) is 13.7 Å². The Labute approximate surface area is 104 Å². The van der Waals surface area contributed by atoms with Crippen molar-refractivity contribution in [3.05, 3.63) is 10.6 Å². The van der Waals surface area contributed by atoms with Crippen LogP contribution in [-0.4, -0.2) is 44.4 Å². The molecular formula is C10H17N3O3S. The molecule has 17 heavy (non-hydrogen) atoms. The molecule has 0 saturated heterocycles. The summed E-state index contributed by atoms with van der Waals surface area (Å²) in [5, 5.41) is 3.15. The van der Waals surface area contributed by atoms with E-state index in [1.165, 1.54) is 11.3 Å². The summed E-state index contributed by atoms with van der Waals surface area (Å²) in [5.74, 6) is -0.160. The van der Waals surface area contributed by atoms with Crippen molar-refractivity contribution >= 4 is 22.4 Å². The maximum absolute atomic E-state index is 11.7. The van der Waals surface area contributed by atoms with Crippen LogP contribution in [0.2, 0.25) is 0 Å². The van der Waals surface area contributed by atoms with E-state index in [1.807, 2.05) is 0 Å². The number of thiazole rings is 1. The molecule has 1 heterocycles. The van der Waals surface area contributed by atoms with E-state index in [1.54, 1.807) is 14.0 Å². The Balaban J connectivity index is 2.23. The first-order valence-electron chi connectivity index (χ1n) is 5.23. The number of nitrogens with two attached hydrogens (primary N) is 1. The van der Waals surface area contributed by atoms with E-state index in [0.29, 0.717) is 42.1 Å². The summed E-state index contributed by atoms with van der Waals surface area (Å²) in [7, 11) is 1.61. The second kappa shape index (κ2) is 7.21. The van der Waals surface area contributed by atoms with E-state index in [9.17, 15) is 4.79 Å². The van der Waals surface area contributed by atoms with E-state index in [2.05, 4.69) is 10.3 Å². The summed E-state index contributed by atoms with van der Waals surface area (Å²) < 4.78 is 10.0. The summed E-state index contributed by atoms with van der Waals surface area (Å²) in [4.78, 5) is 16.2. The topological polar surface area (TPSA) is 86.5 Å². The quantitative estimate of drug-likeness (QED) is 0.693. The number of nitrogens with zero attached hydrogens (tertiary/aromatic N) is 1. The fourth-order valence-corrected chi connectivity index (χ4v) is 1.94. The molecule has 0 bridgehead atoms. The third-order valence-electron chi connectivity index (χ3n) is 1.98. The predicted molar refractivity (Wildman–Crippen MR) is 66.3 cm³/mol. The number of aryl methyl sites for hydroxylation is 1. The van der Waals surface area contributed by atoms with Crippen molar-refractivity contribution in [1.82, 2.24) is 10.3 Å². The van der Waals surface area contributed by atoms with Crippen LogP contribution in [0, 0.1) is 6.92 Å². The minimum absolute atomic E-state index is 0.160. The van der Waals surface area contributed by atoms with Gasteiger partial charge in [-0.2, -0.15) is 0 Å². The lowest BCUT2D eigenvalue weighted by Crippen LogP contribution is -2.27. The maximum atomic E-state index is 11.7. The normalized spacial score (nSPS) is 10.5. The van der Waals surface area contributed by atoms with Gasteiger partial charge in [-0.25, -0.2) is 4.98 Å². The number of hydrogen-bond acceptors (Lipinski definition) is 6. The van der Waals surface area contributed by atoms with Crippen molar-refractivity contribution in [3.63, 3.8) is 0 Å². The van der Waals surface area contributed by atoms with Crippen LogP contribution >= 0.6 is 11.3 Å². The molecule has 0 atom stereocenters. The summed E-state index contributed by atoms with van der Waals surface area (Å²) in [6.07, 6.45) is 0. The number of aromatic nitrogens is 1. The highest BCUT2D eigenvalue weighted by Gasteiger charge is 2.13. The van der Waals surface area contributed by atoms with Crippen molar-refractivity contribution < 1.29 is 14.3 Å². The molecule has 0 aliphatic rings. The van der Waals surface area contributed by atoms with Crippen LogP contribution in [0.3, 0.4) is 0 Å². The number of carbonyl (C=O) groups is 1. The molecule has 0 radical (unpaired) electrons. The smallest absolute Gasteiger partial charge is 0.263 e. The minimum Gasteiger partial charge on any atom is -0.382 e. The van der Waals surface area contributed by atoms with E-state index >= 15 is 0 Å². The molecule has 0 aromatic carbocycles. The Kier molecular flexibility index (Phi) is 5.88. The Morgan fingerprint density at radius 3 is 2.82 bits per heavy atom. The number of amides is 1. The molecule has 7 heteroatoms. The van der Waals surface area contributed by atoms with Gasteiger partial charge in [-0.3, -0.25) is 4.79 Å². The lowest BCUT2D eigenvalue weighted by molar-refractivity contribution is 0.0693. The van der Waals surface area contributed by atoms with Gasteiger partial charge in [-0.1, -0.05) is 11.3 Å². The fourth-order valence-electron chi connectivity index (χ4n) is 1.19. The summed E-state index contributed by atoms with van der Waals surface area (Å²) in [5.41, 5.74) is 6.17. The zero-order valence-corrected chi connectivity index (χ0v) is 10.8.